The van der Waals surface area contributed by atoms with Gasteiger partial charge >= 0.3 is 0 Å². The zero-order chi connectivity index (χ0) is 22.4. The average Bonchev–Trinajstić information content (AvgIpc) is 2.82. The molecule has 2 aliphatic rings. The summed E-state index contributed by atoms with van der Waals surface area (Å²) >= 11 is 6.53. The molecule has 1 aliphatic heterocycles. The van der Waals surface area contributed by atoms with Crippen molar-refractivity contribution in [3.8, 4) is 5.75 Å². The highest BCUT2D eigenvalue weighted by molar-refractivity contribution is 6.31. The minimum atomic E-state index is -0.559. The van der Waals surface area contributed by atoms with Gasteiger partial charge in [0.2, 0.25) is 5.91 Å². The van der Waals surface area contributed by atoms with Gasteiger partial charge in [0.15, 0.2) is 0 Å². The SMILES string of the molecule is C[C@H]1CCCCN1CCOc1ccc(NC(=O)C2(c3ccccc3Cl)CCCCC2)cc1. The van der Waals surface area contributed by atoms with Crippen molar-refractivity contribution in [2.24, 2.45) is 0 Å². The number of anilines is 1. The summed E-state index contributed by atoms with van der Waals surface area (Å²) in [5.74, 6) is 0.879. The van der Waals surface area contributed by atoms with Crippen LogP contribution in [0.4, 0.5) is 5.69 Å². The molecule has 0 bridgehead atoms. The molecule has 4 nitrogen and oxygen atoms in total. The van der Waals surface area contributed by atoms with Gasteiger partial charge in [-0.3, -0.25) is 9.69 Å². The monoisotopic (exact) mass is 454 g/mol. The Kier molecular flexibility index (Phi) is 7.75. The van der Waals surface area contributed by atoms with Gasteiger partial charge in [0.1, 0.15) is 12.4 Å². The highest BCUT2D eigenvalue weighted by Gasteiger charge is 2.42. The fraction of sp³-hybridized carbons (Fsp3) is 0.519. The van der Waals surface area contributed by atoms with E-state index < -0.39 is 5.41 Å². The molecule has 1 heterocycles. The molecule has 5 heteroatoms. The maximum atomic E-state index is 13.5. The first kappa shape index (κ1) is 23.1. The number of halogens is 1. The first-order chi connectivity index (χ1) is 15.6. The lowest BCUT2D eigenvalue weighted by Crippen LogP contribution is -2.42. The lowest BCUT2D eigenvalue weighted by atomic mass is 9.68. The van der Waals surface area contributed by atoms with Gasteiger partial charge in [-0.25, -0.2) is 0 Å². The molecular weight excluding hydrogens is 420 g/mol. The summed E-state index contributed by atoms with van der Waals surface area (Å²) < 4.78 is 5.97. The van der Waals surface area contributed by atoms with Crippen molar-refractivity contribution in [3.05, 3.63) is 59.1 Å². The zero-order valence-electron chi connectivity index (χ0n) is 19.1. The van der Waals surface area contributed by atoms with Gasteiger partial charge in [0.05, 0.1) is 5.41 Å². The van der Waals surface area contributed by atoms with E-state index in [1.807, 2.05) is 48.5 Å². The molecule has 2 aromatic rings. The number of carbonyl (C=O) groups is 1. The Morgan fingerprint density at radius 2 is 1.81 bits per heavy atom. The van der Waals surface area contributed by atoms with Crippen LogP contribution in [0.2, 0.25) is 5.02 Å². The van der Waals surface area contributed by atoms with Gasteiger partial charge in [-0.15, -0.1) is 0 Å². The second kappa shape index (κ2) is 10.7. The average molecular weight is 455 g/mol. The molecule has 1 atom stereocenters. The topological polar surface area (TPSA) is 41.6 Å². The van der Waals surface area contributed by atoms with Crippen LogP contribution < -0.4 is 10.1 Å². The summed E-state index contributed by atoms with van der Waals surface area (Å²) in [7, 11) is 0. The van der Waals surface area contributed by atoms with Crippen LogP contribution in [-0.2, 0) is 10.2 Å². The molecule has 0 radical (unpaired) electrons. The van der Waals surface area contributed by atoms with Gasteiger partial charge in [-0.05, 0) is 75.0 Å². The Morgan fingerprint density at radius 3 is 2.53 bits per heavy atom. The standard InChI is InChI=1S/C27H35ClN2O2/c1-21-9-5-8-18-30(21)19-20-32-23-14-12-22(13-15-23)29-26(31)27(16-6-2-7-17-27)24-10-3-4-11-25(24)28/h3-4,10-15,21H,2,5-9,16-20H2,1H3,(H,29,31)/t21-/m0/s1. The number of carbonyl (C=O) groups excluding carboxylic acids is 1. The Hall–Kier alpha value is -2.04. The maximum absolute atomic E-state index is 13.5. The van der Waals surface area contributed by atoms with Crippen LogP contribution in [0, 0.1) is 0 Å². The third-order valence-corrected chi connectivity index (χ3v) is 7.56. The molecule has 1 saturated carbocycles. The van der Waals surface area contributed by atoms with E-state index in [-0.39, 0.29) is 5.91 Å². The van der Waals surface area contributed by atoms with Crippen molar-refractivity contribution in [2.45, 2.75) is 69.7 Å². The number of benzene rings is 2. The van der Waals surface area contributed by atoms with E-state index in [0.29, 0.717) is 17.7 Å². The Labute approximate surface area is 197 Å². The van der Waals surface area contributed by atoms with Crippen molar-refractivity contribution in [2.75, 3.05) is 25.0 Å². The predicted octanol–water partition coefficient (Wildman–Crippen LogP) is 6.43. The van der Waals surface area contributed by atoms with Crippen LogP contribution in [0.1, 0.15) is 63.9 Å². The minimum absolute atomic E-state index is 0.0399. The molecule has 0 unspecified atom stereocenters. The fourth-order valence-corrected chi connectivity index (χ4v) is 5.60. The summed E-state index contributed by atoms with van der Waals surface area (Å²) in [6.07, 6.45) is 8.82. The molecule has 1 amide bonds. The first-order valence-corrected chi connectivity index (χ1v) is 12.5. The van der Waals surface area contributed by atoms with Crippen molar-refractivity contribution in [1.82, 2.24) is 4.90 Å². The molecule has 4 rings (SSSR count). The lowest BCUT2D eigenvalue weighted by Gasteiger charge is -2.37. The largest absolute Gasteiger partial charge is 0.492 e. The van der Waals surface area contributed by atoms with Crippen molar-refractivity contribution in [3.63, 3.8) is 0 Å². The molecule has 0 spiro atoms. The number of ether oxygens (including phenoxy) is 1. The van der Waals surface area contributed by atoms with Gasteiger partial charge in [0, 0.05) is 23.3 Å². The van der Waals surface area contributed by atoms with E-state index in [1.54, 1.807) is 0 Å². The Balaban J connectivity index is 1.37. The molecule has 1 saturated heterocycles. The van der Waals surface area contributed by atoms with Crippen molar-refractivity contribution in [1.29, 1.82) is 0 Å². The van der Waals surface area contributed by atoms with E-state index in [4.69, 9.17) is 16.3 Å². The summed E-state index contributed by atoms with van der Waals surface area (Å²) in [6, 6.07) is 16.2. The van der Waals surface area contributed by atoms with Crippen LogP contribution in [0.25, 0.3) is 0 Å². The van der Waals surface area contributed by atoms with Crippen LogP contribution in [0.15, 0.2) is 48.5 Å². The third-order valence-electron chi connectivity index (χ3n) is 7.23. The third kappa shape index (κ3) is 5.29. The number of amides is 1. The number of hydrogen-bond donors (Lipinski definition) is 1. The van der Waals surface area contributed by atoms with Crippen LogP contribution in [0.5, 0.6) is 5.75 Å². The second-order valence-electron chi connectivity index (χ2n) is 9.33. The van der Waals surface area contributed by atoms with Crippen molar-refractivity contribution < 1.29 is 9.53 Å². The lowest BCUT2D eigenvalue weighted by molar-refractivity contribution is -0.122. The Morgan fingerprint density at radius 1 is 1.06 bits per heavy atom. The van der Waals surface area contributed by atoms with Crippen LogP contribution in [-0.4, -0.2) is 36.5 Å². The van der Waals surface area contributed by atoms with Gasteiger partial charge in [0.25, 0.3) is 0 Å². The highest BCUT2D eigenvalue weighted by atomic mass is 35.5. The van der Waals surface area contributed by atoms with Gasteiger partial charge in [-0.2, -0.15) is 0 Å². The molecule has 2 aromatic carbocycles. The number of hydrogen-bond acceptors (Lipinski definition) is 3. The van der Waals surface area contributed by atoms with Crippen LogP contribution >= 0.6 is 11.6 Å². The summed E-state index contributed by atoms with van der Waals surface area (Å²) in [5.41, 5.74) is 1.19. The van der Waals surface area contributed by atoms with Crippen LogP contribution in [0.3, 0.4) is 0 Å². The first-order valence-electron chi connectivity index (χ1n) is 12.1. The number of nitrogens with one attached hydrogen (secondary N) is 1. The number of rotatable bonds is 7. The van der Waals surface area contributed by atoms with Gasteiger partial charge < -0.3 is 10.1 Å². The number of nitrogens with zero attached hydrogens (tertiary/aromatic N) is 1. The zero-order valence-corrected chi connectivity index (χ0v) is 19.9. The number of piperidine rings is 1. The summed E-state index contributed by atoms with van der Waals surface area (Å²) in [5, 5.41) is 3.83. The summed E-state index contributed by atoms with van der Waals surface area (Å²) in [6.45, 7) is 5.12. The fourth-order valence-electron chi connectivity index (χ4n) is 5.28. The molecular formula is C27H35ClN2O2. The maximum Gasteiger partial charge on any atom is 0.235 e. The molecule has 1 N–H and O–H groups in total. The molecule has 32 heavy (non-hydrogen) atoms. The van der Waals surface area contributed by atoms with E-state index in [1.165, 1.54) is 32.2 Å². The quantitative estimate of drug-likeness (QED) is 0.523. The molecule has 172 valence electrons. The smallest absolute Gasteiger partial charge is 0.235 e. The molecule has 0 aromatic heterocycles. The Bertz CT molecular complexity index is 893. The van der Waals surface area contributed by atoms with E-state index in [9.17, 15) is 4.79 Å². The second-order valence-corrected chi connectivity index (χ2v) is 9.74. The van der Waals surface area contributed by atoms with Crippen molar-refractivity contribution >= 4 is 23.2 Å². The van der Waals surface area contributed by atoms with E-state index in [2.05, 4.69) is 17.1 Å². The van der Waals surface area contributed by atoms with E-state index in [0.717, 1.165) is 49.2 Å². The van der Waals surface area contributed by atoms with Gasteiger partial charge in [-0.1, -0.05) is 55.5 Å². The minimum Gasteiger partial charge on any atom is -0.492 e. The number of likely N-dealkylation sites (tertiary alicyclic amines) is 1. The molecule has 1 aliphatic carbocycles. The highest BCUT2D eigenvalue weighted by Crippen LogP contribution is 2.43. The molecule has 2 fully saturated rings. The predicted molar refractivity (Wildman–Crippen MR) is 132 cm³/mol. The summed E-state index contributed by atoms with van der Waals surface area (Å²) in [4.78, 5) is 16.0. The van der Waals surface area contributed by atoms with E-state index >= 15 is 0 Å². The normalized spacial score (nSPS) is 21.1.